The Hall–Kier alpha value is -3.55. The zero-order chi connectivity index (χ0) is 21.1. The Labute approximate surface area is 172 Å². The van der Waals surface area contributed by atoms with Crippen molar-refractivity contribution < 1.29 is 18.5 Å². The predicted molar refractivity (Wildman–Crippen MR) is 108 cm³/mol. The second kappa shape index (κ2) is 8.44. The molecule has 1 saturated heterocycles. The van der Waals surface area contributed by atoms with Crippen molar-refractivity contribution in [3.63, 3.8) is 0 Å². The van der Waals surface area contributed by atoms with Gasteiger partial charge in [0, 0.05) is 31.3 Å². The van der Waals surface area contributed by atoms with Crippen LogP contribution in [-0.4, -0.2) is 39.9 Å². The van der Waals surface area contributed by atoms with E-state index >= 15 is 0 Å². The zero-order valence-corrected chi connectivity index (χ0v) is 16.5. The van der Waals surface area contributed by atoms with Crippen LogP contribution in [0.25, 0.3) is 11.4 Å². The van der Waals surface area contributed by atoms with Crippen molar-refractivity contribution in [1.29, 1.82) is 0 Å². The van der Waals surface area contributed by atoms with Crippen molar-refractivity contribution in [2.24, 2.45) is 0 Å². The molecule has 7 nitrogen and oxygen atoms in total. The molecule has 1 aromatic heterocycles. The summed E-state index contributed by atoms with van der Waals surface area (Å²) in [7, 11) is 0. The minimum absolute atomic E-state index is 0.0728. The molecule has 0 spiro atoms. The number of amides is 2. The van der Waals surface area contributed by atoms with Crippen LogP contribution in [0.2, 0.25) is 0 Å². The fourth-order valence-corrected chi connectivity index (χ4v) is 3.59. The molecule has 1 aliphatic heterocycles. The van der Waals surface area contributed by atoms with E-state index in [2.05, 4.69) is 15.5 Å². The normalized spacial score (nSPS) is 16.3. The van der Waals surface area contributed by atoms with Crippen LogP contribution < -0.4 is 5.32 Å². The Balaban J connectivity index is 1.47. The molecule has 0 bridgehead atoms. The van der Waals surface area contributed by atoms with E-state index in [0.29, 0.717) is 30.5 Å². The van der Waals surface area contributed by atoms with Crippen LogP contribution in [0.3, 0.4) is 0 Å². The molecule has 1 aliphatic rings. The molecule has 2 amide bonds. The molecule has 8 heteroatoms. The monoisotopic (exact) mass is 408 g/mol. The summed E-state index contributed by atoms with van der Waals surface area (Å²) in [6.45, 7) is 2.41. The van der Waals surface area contributed by atoms with Crippen molar-refractivity contribution in [3.05, 3.63) is 65.8 Å². The number of anilines is 1. The maximum atomic E-state index is 14.0. The number of carbonyl (C=O) groups is 2. The highest BCUT2D eigenvalue weighted by Gasteiger charge is 2.30. The Morgan fingerprint density at radius 3 is 2.67 bits per heavy atom. The summed E-state index contributed by atoms with van der Waals surface area (Å²) in [6, 6.07) is 13.1. The number of aromatic nitrogens is 2. The Kier molecular flexibility index (Phi) is 5.56. The standard InChI is InChI=1S/C22H21FN4O3/c1-14(28)24-17-10-8-15(9-11-17)20-25-21(30-26-20)16-5-4-12-27(13-16)22(29)18-6-2-3-7-19(18)23/h2-3,6-11,16H,4-5,12-13H2,1H3,(H,24,28). The Bertz CT molecular complexity index is 1060. The Morgan fingerprint density at radius 1 is 1.17 bits per heavy atom. The number of nitrogens with one attached hydrogen (secondary N) is 1. The van der Waals surface area contributed by atoms with Gasteiger partial charge in [-0.25, -0.2) is 4.39 Å². The maximum absolute atomic E-state index is 14.0. The number of carbonyl (C=O) groups excluding carboxylic acids is 2. The van der Waals surface area contributed by atoms with Gasteiger partial charge in [0.15, 0.2) is 0 Å². The van der Waals surface area contributed by atoms with Gasteiger partial charge in [-0.15, -0.1) is 0 Å². The third kappa shape index (κ3) is 4.22. The lowest BCUT2D eigenvalue weighted by Crippen LogP contribution is -2.39. The average molecular weight is 408 g/mol. The molecular weight excluding hydrogens is 387 g/mol. The Morgan fingerprint density at radius 2 is 1.93 bits per heavy atom. The smallest absolute Gasteiger partial charge is 0.256 e. The van der Waals surface area contributed by atoms with Crippen molar-refractivity contribution >= 4 is 17.5 Å². The number of rotatable bonds is 4. The number of hydrogen-bond donors (Lipinski definition) is 1. The molecular formula is C22H21FN4O3. The van der Waals surface area contributed by atoms with E-state index in [9.17, 15) is 14.0 Å². The number of piperidine rings is 1. The van der Waals surface area contributed by atoms with Gasteiger partial charge in [0.25, 0.3) is 5.91 Å². The van der Waals surface area contributed by atoms with E-state index in [0.717, 1.165) is 18.4 Å². The molecule has 0 aliphatic carbocycles. The highest BCUT2D eigenvalue weighted by molar-refractivity contribution is 5.94. The van der Waals surface area contributed by atoms with Gasteiger partial charge in [-0.2, -0.15) is 4.98 Å². The molecule has 3 aromatic rings. The van der Waals surface area contributed by atoms with Gasteiger partial charge in [0.2, 0.25) is 17.6 Å². The molecule has 1 atom stereocenters. The molecule has 1 N–H and O–H groups in total. The number of benzene rings is 2. The summed E-state index contributed by atoms with van der Waals surface area (Å²) < 4.78 is 19.5. The fraction of sp³-hybridized carbons (Fsp3) is 0.273. The van der Waals surface area contributed by atoms with Gasteiger partial charge >= 0.3 is 0 Å². The van der Waals surface area contributed by atoms with Crippen molar-refractivity contribution in [3.8, 4) is 11.4 Å². The van der Waals surface area contributed by atoms with Gasteiger partial charge in [0.1, 0.15) is 5.82 Å². The van der Waals surface area contributed by atoms with E-state index in [4.69, 9.17) is 4.52 Å². The number of halogens is 1. The second-order valence-electron chi connectivity index (χ2n) is 7.28. The van der Waals surface area contributed by atoms with Gasteiger partial charge in [-0.3, -0.25) is 9.59 Å². The minimum atomic E-state index is -0.521. The first kappa shape index (κ1) is 19.8. The largest absolute Gasteiger partial charge is 0.339 e. The molecule has 1 fully saturated rings. The summed E-state index contributed by atoms with van der Waals surface area (Å²) in [6.07, 6.45) is 1.58. The first-order chi connectivity index (χ1) is 14.5. The quantitative estimate of drug-likeness (QED) is 0.708. The maximum Gasteiger partial charge on any atom is 0.256 e. The molecule has 30 heavy (non-hydrogen) atoms. The molecule has 154 valence electrons. The summed E-state index contributed by atoms with van der Waals surface area (Å²) in [5.74, 6) is -0.192. The van der Waals surface area contributed by atoms with Crippen LogP contribution in [-0.2, 0) is 4.79 Å². The predicted octanol–water partition coefficient (Wildman–Crippen LogP) is 3.85. The lowest BCUT2D eigenvalue weighted by atomic mass is 9.97. The van der Waals surface area contributed by atoms with E-state index in [1.165, 1.54) is 19.1 Å². The second-order valence-corrected chi connectivity index (χ2v) is 7.28. The van der Waals surface area contributed by atoms with Crippen LogP contribution in [0.1, 0.15) is 41.9 Å². The molecule has 2 heterocycles. The zero-order valence-electron chi connectivity index (χ0n) is 16.5. The fourth-order valence-electron chi connectivity index (χ4n) is 3.59. The molecule has 0 radical (unpaired) electrons. The van der Waals surface area contributed by atoms with E-state index in [-0.39, 0.29) is 23.3 Å². The van der Waals surface area contributed by atoms with Gasteiger partial charge in [-0.05, 0) is 49.2 Å². The van der Waals surface area contributed by atoms with Gasteiger partial charge < -0.3 is 14.7 Å². The molecule has 4 rings (SSSR count). The lowest BCUT2D eigenvalue weighted by Gasteiger charge is -2.31. The van der Waals surface area contributed by atoms with Crippen LogP contribution in [0, 0.1) is 5.82 Å². The third-order valence-corrected chi connectivity index (χ3v) is 5.07. The number of hydrogen-bond acceptors (Lipinski definition) is 5. The van der Waals surface area contributed by atoms with E-state index in [1.54, 1.807) is 41.3 Å². The van der Waals surface area contributed by atoms with Crippen LogP contribution in [0.4, 0.5) is 10.1 Å². The minimum Gasteiger partial charge on any atom is -0.339 e. The number of likely N-dealkylation sites (tertiary alicyclic amines) is 1. The summed E-state index contributed by atoms with van der Waals surface area (Å²) in [4.78, 5) is 30.0. The highest BCUT2D eigenvalue weighted by Crippen LogP contribution is 2.29. The lowest BCUT2D eigenvalue weighted by molar-refractivity contribution is -0.114. The highest BCUT2D eigenvalue weighted by atomic mass is 19.1. The van der Waals surface area contributed by atoms with E-state index < -0.39 is 5.82 Å². The van der Waals surface area contributed by atoms with Crippen LogP contribution in [0.5, 0.6) is 0 Å². The summed E-state index contributed by atoms with van der Waals surface area (Å²) in [5.41, 5.74) is 1.52. The average Bonchev–Trinajstić information content (AvgIpc) is 3.24. The van der Waals surface area contributed by atoms with Crippen LogP contribution >= 0.6 is 0 Å². The summed E-state index contributed by atoms with van der Waals surface area (Å²) >= 11 is 0. The first-order valence-corrected chi connectivity index (χ1v) is 9.76. The topological polar surface area (TPSA) is 88.3 Å². The van der Waals surface area contributed by atoms with Gasteiger partial charge in [-0.1, -0.05) is 17.3 Å². The van der Waals surface area contributed by atoms with Gasteiger partial charge in [0.05, 0.1) is 11.5 Å². The van der Waals surface area contributed by atoms with Crippen molar-refractivity contribution in [1.82, 2.24) is 15.0 Å². The third-order valence-electron chi connectivity index (χ3n) is 5.07. The molecule has 0 saturated carbocycles. The molecule has 2 aromatic carbocycles. The number of nitrogens with zero attached hydrogens (tertiary/aromatic N) is 3. The van der Waals surface area contributed by atoms with E-state index in [1.807, 2.05) is 0 Å². The van der Waals surface area contributed by atoms with Crippen molar-refractivity contribution in [2.75, 3.05) is 18.4 Å². The SMILES string of the molecule is CC(=O)Nc1ccc(-c2noc(C3CCCN(C(=O)c4ccccc4F)C3)n2)cc1. The van der Waals surface area contributed by atoms with Crippen molar-refractivity contribution in [2.45, 2.75) is 25.7 Å². The first-order valence-electron chi connectivity index (χ1n) is 9.76. The van der Waals surface area contributed by atoms with Crippen LogP contribution in [0.15, 0.2) is 53.1 Å². The molecule has 1 unspecified atom stereocenters. The summed E-state index contributed by atoms with van der Waals surface area (Å²) in [5, 5.41) is 6.76.